The minimum Gasteiger partial charge on any atom is -0.480 e. The second kappa shape index (κ2) is 5.47. The van der Waals surface area contributed by atoms with Gasteiger partial charge in [-0.05, 0) is 24.5 Å². The number of benzene rings is 1. The van der Waals surface area contributed by atoms with Gasteiger partial charge in [0.1, 0.15) is 17.4 Å². The van der Waals surface area contributed by atoms with Crippen LogP contribution in [0.3, 0.4) is 0 Å². The number of carbonyl (C=O) groups excluding carboxylic acids is 1. The lowest BCUT2D eigenvalue weighted by Gasteiger charge is -2.23. The van der Waals surface area contributed by atoms with Crippen molar-refractivity contribution in [1.82, 2.24) is 4.90 Å². The topological polar surface area (TPSA) is 101 Å². The first-order valence-corrected chi connectivity index (χ1v) is 6.30. The van der Waals surface area contributed by atoms with E-state index < -0.39 is 39.9 Å². The average Bonchev–Trinajstić information content (AvgIpc) is 2.79. The molecule has 0 radical (unpaired) electrons. The molecule has 1 aliphatic rings. The molecule has 112 valence electrons. The first-order chi connectivity index (χ1) is 9.82. The van der Waals surface area contributed by atoms with E-state index in [-0.39, 0.29) is 12.5 Å². The van der Waals surface area contributed by atoms with Gasteiger partial charge in [-0.15, -0.1) is 0 Å². The molecule has 0 aromatic heterocycles. The first kappa shape index (κ1) is 14.9. The number of likely N-dealkylation sites (tertiary alicyclic amines) is 1. The Kier molecular flexibility index (Phi) is 3.88. The number of amides is 1. The van der Waals surface area contributed by atoms with E-state index in [1.54, 1.807) is 6.92 Å². The molecule has 1 heterocycles. The number of carboxylic acids is 1. The van der Waals surface area contributed by atoms with Gasteiger partial charge in [0, 0.05) is 12.6 Å². The molecule has 2 rings (SSSR count). The van der Waals surface area contributed by atoms with Crippen LogP contribution < -0.4 is 0 Å². The summed E-state index contributed by atoms with van der Waals surface area (Å²) in [6.45, 7) is 1.86. The number of carboxylic acid groups (broad SMARTS) is 1. The van der Waals surface area contributed by atoms with E-state index in [0.717, 1.165) is 23.1 Å². The number of aliphatic carboxylic acids is 1. The monoisotopic (exact) mass is 296 g/mol. The van der Waals surface area contributed by atoms with Crippen LogP contribution in [0.1, 0.15) is 23.7 Å². The molecule has 21 heavy (non-hydrogen) atoms. The summed E-state index contributed by atoms with van der Waals surface area (Å²) >= 11 is 0. The summed E-state index contributed by atoms with van der Waals surface area (Å²) in [5.74, 6) is -3.06. The Bertz CT molecular complexity index is 619. The summed E-state index contributed by atoms with van der Waals surface area (Å²) in [6.07, 6.45) is 0.478. The van der Waals surface area contributed by atoms with Crippen LogP contribution in [-0.2, 0) is 4.79 Å². The van der Waals surface area contributed by atoms with E-state index in [4.69, 9.17) is 0 Å². The maximum Gasteiger partial charge on any atom is 0.326 e. The molecule has 0 spiro atoms. The highest BCUT2D eigenvalue weighted by molar-refractivity contribution is 6.00. The van der Waals surface area contributed by atoms with Gasteiger partial charge >= 0.3 is 5.97 Å². The maximum atomic E-state index is 13.3. The van der Waals surface area contributed by atoms with Crippen molar-refractivity contribution in [3.63, 3.8) is 0 Å². The lowest BCUT2D eigenvalue weighted by molar-refractivity contribution is -0.385. The maximum absolute atomic E-state index is 13.3. The molecule has 0 aliphatic carbocycles. The van der Waals surface area contributed by atoms with E-state index in [2.05, 4.69) is 0 Å². The molecular formula is C13H13FN2O5. The van der Waals surface area contributed by atoms with E-state index in [1.807, 2.05) is 0 Å². The van der Waals surface area contributed by atoms with Crippen molar-refractivity contribution in [3.05, 3.63) is 39.7 Å². The molecule has 7 nitrogen and oxygen atoms in total. The Labute approximate surface area is 119 Å². The van der Waals surface area contributed by atoms with Crippen molar-refractivity contribution in [1.29, 1.82) is 0 Å². The summed E-state index contributed by atoms with van der Waals surface area (Å²) in [5, 5.41) is 20.1. The Morgan fingerprint density at radius 3 is 2.71 bits per heavy atom. The fraction of sp³-hybridized carbons (Fsp3) is 0.385. The molecule has 2 unspecified atom stereocenters. The minimum atomic E-state index is -1.17. The standard InChI is InChI=1S/C13H13FN2O5/c1-7-4-5-15(11(7)13(18)19)12(17)9-6-8(14)2-3-10(9)16(20)21/h2-3,6-7,11H,4-5H2,1H3,(H,18,19). The fourth-order valence-electron chi connectivity index (χ4n) is 2.54. The zero-order valence-electron chi connectivity index (χ0n) is 11.2. The Hall–Kier alpha value is -2.51. The van der Waals surface area contributed by atoms with Gasteiger partial charge in [0.05, 0.1) is 4.92 Å². The molecule has 0 saturated carbocycles. The molecule has 1 fully saturated rings. The quantitative estimate of drug-likeness (QED) is 0.675. The molecule has 1 aliphatic heterocycles. The van der Waals surface area contributed by atoms with E-state index in [1.165, 1.54) is 0 Å². The van der Waals surface area contributed by atoms with Crippen molar-refractivity contribution in [2.24, 2.45) is 5.92 Å². The van der Waals surface area contributed by atoms with Gasteiger partial charge in [-0.2, -0.15) is 0 Å². The zero-order chi connectivity index (χ0) is 15.7. The number of rotatable bonds is 3. The zero-order valence-corrected chi connectivity index (χ0v) is 11.2. The van der Waals surface area contributed by atoms with Crippen LogP contribution in [0, 0.1) is 21.8 Å². The number of carbonyl (C=O) groups is 2. The molecule has 1 saturated heterocycles. The van der Waals surface area contributed by atoms with Crippen LogP contribution in [0.4, 0.5) is 10.1 Å². The average molecular weight is 296 g/mol. The third kappa shape index (κ3) is 2.69. The normalized spacial score (nSPS) is 21.3. The van der Waals surface area contributed by atoms with Crippen LogP contribution in [0.2, 0.25) is 0 Å². The highest BCUT2D eigenvalue weighted by atomic mass is 19.1. The second-order valence-corrected chi connectivity index (χ2v) is 4.97. The molecule has 8 heteroatoms. The number of nitro benzene ring substituents is 1. The Morgan fingerprint density at radius 2 is 2.14 bits per heavy atom. The first-order valence-electron chi connectivity index (χ1n) is 6.30. The Morgan fingerprint density at radius 1 is 1.48 bits per heavy atom. The number of nitro groups is 1. The number of halogens is 1. The minimum absolute atomic E-state index is 0.171. The molecule has 1 amide bonds. The molecule has 1 N–H and O–H groups in total. The highest BCUT2D eigenvalue weighted by Gasteiger charge is 2.41. The third-order valence-electron chi connectivity index (χ3n) is 3.60. The predicted octanol–water partition coefficient (Wildman–Crippen LogP) is 1.67. The summed E-state index contributed by atoms with van der Waals surface area (Å²) < 4.78 is 13.3. The SMILES string of the molecule is CC1CCN(C(=O)c2cc(F)ccc2[N+](=O)[O-])C1C(=O)O. The summed E-state index contributed by atoms with van der Waals surface area (Å²) in [7, 11) is 0. The van der Waals surface area contributed by atoms with Gasteiger partial charge in [-0.25, -0.2) is 9.18 Å². The van der Waals surface area contributed by atoms with Crippen LogP contribution in [0.25, 0.3) is 0 Å². The van der Waals surface area contributed by atoms with Gasteiger partial charge in [0.25, 0.3) is 11.6 Å². The van der Waals surface area contributed by atoms with Gasteiger partial charge in [0.2, 0.25) is 0 Å². The summed E-state index contributed by atoms with van der Waals surface area (Å²) in [6, 6.07) is 1.50. The van der Waals surface area contributed by atoms with Crippen molar-refractivity contribution in [2.75, 3.05) is 6.54 Å². The molecule has 2 atom stereocenters. The van der Waals surface area contributed by atoms with Gasteiger partial charge in [-0.3, -0.25) is 14.9 Å². The summed E-state index contributed by atoms with van der Waals surface area (Å²) in [4.78, 5) is 34.8. The lowest BCUT2D eigenvalue weighted by Crippen LogP contribution is -2.43. The van der Waals surface area contributed by atoms with E-state index >= 15 is 0 Å². The number of hydrogen-bond donors (Lipinski definition) is 1. The predicted molar refractivity (Wildman–Crippen MR) is 69.3 cm³/mol. The van der Waals surface area contributed by atoms with Crippen LogP contribution in [0.5, 0.6) is 0 Å². The van der Waals surface area contributed by atoms with Gasteiger partial charge in [-0.1, -0.05) is 6.92 Å². The van der Waals surface area contributed by atoms with E-state index in [9.17, 15) is 29.2 Å². The molecule has 1 aromatic rings. The van der Waals surface area contributed by atoms with E-state index in [0.29, 0.717) is 6.42 Å². The highest BCUT2D eigenvalue weighted by Crippen LogP contribution is 2.29. The Balaban J connectivity index is 2.42. The van der Waals surface area contributed by atoms with Gasteiger partial charge < -0.3 is 10.0 Å². The third-order valence-corrected chi connectivity index (χ3v) is 3.60. The van der Waals surface area contributed by atoms with Gasteiger partial charge in [0.15, 0.2) is 0 Å². The van der Waals surface area contributed by atoms with Crippen LogP contribution in [-0.4, -0.2) is 39.4 Å². The second-order valence-electron chi connectivity index (χ2n) is 4.97. The number of hydrogen-bond acceptors (Lipinski definition) is 4. The van der Waals surface area contributed by atoms with Crippen molar-refractivity contribution >= 4 is 17.6 Å². The largest absolute Gasteiger partial charge is 0.480 e. The van der Waals surface area contributed by atoms with Crippen molar-refractivity contribution in [2.45, 2.75) is 19.4 Å². The number of nitrogens with zero attached hydrogens (tertiary/aromatic N) is 2. The molecule has 0 bridgehead atoms. The van der Waals surface area contributed by atoms with Crippen LogP contribution in [0.15, 0.2) is 18.2 Å². The molecular weight excluding hydrogens is 283 g/mol. The van der Waals surface area contributed by atoms with Crippen molar-refractivity contribution in [3.8, 4) is 0 Å². The summed E-state index contributed by atoms with van der Waals surface area (Å²) in [5.41, 5.74) is -0.967. The van der Waals surface area contributed by atoms with Crippen LogP contribution >= 0.6 is 0 Å². The van der Waals surface area contributed by atoms with Crippen molar-refractivity contribution < 1.29 is 24.0 Å². The molecule has 1 aromatic carbocycles. The lowest BCUT2D eigenvalue weighted by atomic mass is 10.0. The smallest absolute Gasteiger partial charge is 0.326 e. The fourth-order valence-corrected chi connectivity index (χ4v) is 2.54.